The molecule has 5 nitrogen and oxygen atoms in total. The van der Waals surface area contributed by atoms with E-state index in [1.165, 1.54) is 6.42 Å². The summed E-state index contributed by atoms with van der Waals surface area (Å²) in [5.74, 6) is 0.936. The average molecular weight is 356 g/mol. The molecule has 1 unspecified atom stereocenters. The molecule has 1 amide bonds. The molecule has 0 spiro atoms. The summed E-state index contributed by atoms with van der Waals surface area (Å²) in [5.41, 5.74) is 0. The molecule has 0 bridgehead atoms. The number of carbonyl (C=O) groups excluding carboxylic acids is 1. The molecule has 22 heavy (non-hydrogen) atoms. The summed E-state index contributed by atoms with van der Waals surface area (Å²) in [6.07, 6.45) is 5.19. The first-order valence-corrected chi connectivity index (χ1v) is 8.12. The molecule has 0 aromatic rings. The fraction of sp³-hybridized carbons (Fsp3) is 0.933. The first-order valence-electron chi connectivity index (χ1n) is 8.12. The van der Waals surface area contributed by atoms with Gasteiger partial charge in [0, 0.05) is 26.1 Å². The largest absolute Gasteiger partial charge is 0.379 e. The van der Waals surface area contributed by atoms with Crippen molar-refractivity contribution in [3.8, 4) is 0 Å². The monoisotopic (exact) mass is 355 g/mol. The summed E-state index contributed by atoms with van der Waals surface area (Å²) in [6, 6.07) is 0. The zero-order valence-electron chi connectivity index (χ0n) is 13.3. The second kappa shape index (κ2) is 13.4. The van der Waals surface area contributed by atoms with E-state index in [1.807, 2.05) is 0 Å². The van der Waals surface area contributed by atoms with Crippen molar-refractivity contribution in [2.75, 3.05) is 52.5 Å². The lowest BCUT2D eigenvalue weighted by Crippen LogP contribution is -2.37. The van der Waals surface area contributed by atoms with Crippen molar-refractivity contribution >= 4 is 30.7 Å². The fourth-order valence-electron chi connectivity index (χ4n) is 2.90. The highest BCUT2D eigenvalue weighted by Crippen LogP contribution is 2.13. The molecule has 0 radical (unpaired) electrons. The molecule has 2 aliphatic rings. The van der Waals surface area contributed by atoms with E-state index in [9.17, 15) is 4.79 Å². The van der Waals surface area contributed by atoms with Gasteiger partial charge in [-0.1, -0.05) is 0 Å². The number of hydrogen-bond donors (Lipinski definition) is 2. The summed E-state index contributed by atoms with van der Waals surface area (Å²) in [5, 5.41) is 6.38. The van der Waals surface area contributed by atoms with E-state index in [1.54, 1.807) is 0 Å². The van der Waals surface area contributed by atoms with E-state index >= 15 is 0 Å². The Kier molecular flexibility index (Phi) is 13.3. The Morgan fingerprint density at radius 1 is 1.23 bits per heavy atom. The fourth-order valence-corrected chi connectivity index (χ4v) is 2.90. The van der Waals surface area contributed by atoms with Gasteiger partial charge in [-0.25, -0.2) is 0 Å². The van der Waals surface area contributed by atoms with Crippen molar-refractivity contribution in [2.45, 2.75) is 32.1 Å². The van der Waals surface area contributed by atoms with Gasteiger partial charge in [0.2, 0.25) is 5.91 Å². The van der Waals surface area contributed by atoms with Crippen molar-refractivity contribution in [2.24, 2.45) is 5.92 Å². The molecular weight excluding hydrogens is 325 g/mol. The minimum Gasteiger partial charge on any atom is -0.379 e. The normalized spacial score (nSPS) is 21.7. The summed E-state index contributed by atoms with van der Waals surface area (Å²) in [7, 11) is 0. The van der Waals surface area contributed by atoms with Crippen LogP contribution in [0.3, 0.4) is 0 Å². The third kappa shape index (κ3) is 9.16. The van der Waals surface area contributed by atoms with Gasteiger partial charge in [-0.05, 0) is 51.2 Å². The van der Waals surface area contributed by atoms with Gasteiger partial charge < -0.3 is 15.4 Å². The molecule has 1 atom stereocenters. The standard InChI is InChI=1S/C15H29N3O2.2ClH/c19-15(4-3-14-5-7-16-13-14)17-6-1-2-8-18-9-11-20-12-10-18;;/h14,16H,1-13H2,(H,17,19);2*1H. The Balaban J connectivity index is 0.00000220. The second-order valence-electron chi connectivity index (χ2n) is 5.91. The SMILES string of the molecule is Cl.Cl.O=C(CCC1CCNC1)NCCCCN1CCOCC1. The molecule has 2 aliphatic heterocycles. The number of amides is 1. The van der Waals surface area contributed by atoms with E-state index in [2.05, 4.69) is 15.5 Å². The van der Waals surface area contributed by atoms with Crippen LogP contribution in [0.1, 0.15) is 32.1 Å². The van der Waals surface area contributed by atoms with Crippen LogP contribution in [0.25, 0.3) is 0 Å². The van der Waals surface area contributed by atoms with E-state index < -0.39 is 0 Å². The third-order valence-corrected chi connectivity index (χ3v) is 4.27. The van der Waals surface area contributed by atoms with E-state index in [0.29, 0.717) is 12.3 Å². The van der Waals surface area contributed by atoms with Gasteiger partial charge in [0.1, 0.15) is 0 Å². The van der Waals surface area contributed by atoms with E-state index in [-0.39, 0.29) is 30.7 Å². The molecule has 0 aromatic heterocycles. The Hall–Kier alpha value is -0.0700. The molecule has 2 saturated heterocycles. The number of carbonyl (C=O) groups is 1. The molecule has 0 saturated carbocycles. The summed E-state index contributed by atoms with van der Waals surface area (Å²) >= 11 is 0. The molecule has 2 N–H and O–H groups in total. The van der Waals surface area contributed by atoms with Crippen molar-refractivity contribution < 1.29 is 9.53 Å². The van der Waals surface area contributed by atoms with Crippen molar-refractivity contribution in [1.82, 2.24) is 15.5 Å². The third-order valence-electron chi connectivity index (χ3n) is 4.27. The molecule has 0 aromatic carbocycles. The highest BCUT2D eigenvalue weighted by Gasteiger charge is 2.15. The second-order valence-corrected chi connectivity index (χ2v) is 5.91. The highest BCUT2D eigenvalue weighted by atomic mass is 35.5. The van der Waals surface area contributed by atoms with Gasteiger partial charge in [-0.15, -0.1) is 24.8 Å². The average Bonchev–Trinajstić information content (AvgIpc) is 2.99. The molecular formula is C15H31Cl2N3O2. The van der Waals surface area contributed by atoms with Crippen LogP contribution in [-0.4, -0.2) is 63.3 Å². The van der Waals surface area contributed by atoms with E-state index in [0.717, 1.165) is 71.7 Å². The zero-order chi connectivity index (χ0) is 14.0. The Morgan fingerprint density at radius 2 is 2.00 bits per heavy atom. The number of unbranched alkanes of at least 4 members (excludes halogenated alkanes) is 1. The first-order chi connectivity index (χ1) is 9.84. The molecule has 0 aliphatic carbocycles. The van der Waals surface area contributed by atoms with Gasteiger partial charge in [0.25, 0.3) is 0 Å². The van der Waals surface area contributed by atoms with Crippen LogP contribution in [0.15, 0.2) is 0 Å². The minimum absolute atomic E-state index is 0. The van der Waals surface area contributed by atoms with Gasteiger partial charge in [0.15, 0.2) is 0 Å². The van der Waals surface area contributed by atoms with Gasteiger partial charge in [-0.3, -0.25) is 9.69 Å². The van der Waals surface area contributed by atoms with Crippen molar-refractivity contribution in [1.29, 1.82) is 0 Å². The van der Waals surface area contributed by atoms with Crippen LogP contribution in [0, 0.1) is 5.92 Å². The van der Waals surface area contributed by atoms with Gasteiger partial charge >= 0.3 is 0 Å². The van der Waals surface area contributed by atoms with Crippen molar-refractivity contribution in [3.05, 3.63) is 0 Å². The number of morpholine rings is 1. The Labute approximate surface area is 146 Å². The smallest absolute Gasteiger partial charge is 0.220 e. The lowest BCUT2D eigenvalue weighted by molar-refractivity contribution is -0.121. The lowest BCUT2D eigenvalue weighted by Gasteiger charge is -2.26. The summed E-state index contributed by atoms with van der Waals surface area (Å²) in [4.78, 5) is 14.1. The van der Waals surface area contributed by atoms with E-state index in [4.69, 9.17) is 4.74 Å². The van der Waals surface area contributed by atoms with Crippen LogP contribution in [0.2, 0.25) is 0 Å². The number of nitrogens with one attached hydrogen (secondary N) is 2. The highest BCUT2D eigenvalue weighted by molar-refractivity contribution is 5.85. The maximum Gasteiger partial charge on any atom is 0.220 e. The van der Waals surface area contributed by atoms with Crippen LogP contribution >= 0.6 is 24.8 Å². The maximum absolute atomic E-state index is 11.7. The van der Waals surface area contributed by atoms with Crippen molar-refractivity contribution in [3.63, 3.8) is 0 Å². The van der Waals surface area contributed by atoms with Gasteiger partial charge in [0.05, 0.1) is 13.2 Å². The molecule has 7 heteroatoms. The minimum atomic E-state index is 0. The maximum atomic E-state index is 11.7. The molecule has 2 heterocycles. The van der Waals surface area contributed by atoms with Crippen LogP contribution in [-0.2, 0) is 9.53 Å². The number of hydrogen-bond acceptors (Lipinski definition) is 4. The van der Waals surface area contributed by atoms with Crippen LogP contribution in [0.4, 0.5) is 0 Å². The predicted molar refractivity (Wildman–Crippen MR) is 94.2 cm³/mol. The lowest BCUT2D eigenvalue weighted by atomic mass is 10.0. The molecule has 132 valence electrons. The topological polar surface area (TPSA) is 53.6 Å². The number of rotatable bonds is 8. The molecule has 2 rings (SSSR count). The molecule has 2 fully saturated rings. The predicted octanol–water partition coefficient (Wildman–Crippen LogP) is 1.45. The number of halogens is 2. The first kappa shape index (κ1) is 21.9. The van der Waals surface area contributed by atoms with Gasteiger partial charge in [-0.2, -0.15) is 0 Å². The summed E-state index contributed by atoms with van der Waals surface area (Å²) < 4.78 is 5.32. The number of nitrogens with zero attached hydrogens (tertiary/aromatic N) is 1. The Bertz CT molecular complexity index is 284. The summed E-state index contributed by atoms with van der Waals surface area (Å²) in [6.45, 7) is 8.02. The quantitative estimate of drug-likeness (QED) is 0.647. The van der Waals surface area contributed by atoms with Crippen LogP contribution in [0.5, 0.6) is 0 Å². The number of ether oxygens (including phenoxy) is 1. The Morgan fingerprint density at radius 3 is 2.68 bits per heavy atom. The zero-order valence-corrected chi connectivity index (χ0v) is 15.0. The van der Waals surface area contributed by atoms with Crippen LogP contribution < -0.4 is 10.6 Å².